The summed E-state index contributed by atoms with van der Waals surface area (Å²) in [6, 6.07) is 6.63. The summed E-state index contributed by atoms with van der Waals surface area (Å²) in [5, 5.41) is 5.78. The second-order valence-corrected chi connectivity index (χ2v) is 12.6. The summed E-state index contributed by atoms with van der Waals surface area (Å²) in [7, 11) is -0.283. The Hall–Kier alpha value is -3.83. The second-order valence-electron chi connectivity index (χ2n) is 10.6. The zero-order valence-corrected chi connectivity index (χ0v) is 24.9. The summed E-state index contributed by atoms with van der Waals surface area (Å²) in [6.45, 7) is 2.06. The van der Waals surface area contributed by atoms with Gasteiger partial charge in [0.25, 0.3) is 0 Å². The molecule has 43 heavy (non-hydrogen) atoms. The minimum Gasteiger partial charge on any atom is -0.495 e. The lowest BCUT2D eigenvalue weighted by molar-refractivity contribution is -0.128. The van der Waals surface area contributed by atoms with E-state index in [0.29, 0.717) is 24.2 Å². The molecule has 0 aliphatic carbocycles. The molecule has 14 heteroatoms. The highest BCUT2D eigenvalue weighted by Crippen LogP contribution is 2.35. The molecule has 1 saturated heterocycles. The molecule has 4 rings (SSSR count). The number of carbonyl (C=O) groups excluding carboxylic acids is 1. The first kappa shape index (κ1) is 32.1. The molecule has 1 amide bonds. The van der Waals surface area contributed by atoms with E-state index < -0.39 is 46.5 Å². The number of ether oxygens (including phenoxy) is 1. The van der Waals surface area contributed by atoms with E-state index in [2.05, 4.69) is 27.5 Å². The molecule has 1 aromatic carbocycles. The van der Waals surface area contributed by atoms with Crippen molar-refractivity contribution in [3.05, 3.63) is 53.5 Å². The lowest BCUT2D eigenvalue weighted by Crippen LogP contribution is -2.45. The Balaban J connectivity index is 1.71. The monoisotopic (exact) mass is 623 g/mol. The van der Waals surface area contributed by atoms with E-state index in [1.807, 2.05) is 4.90 Å². The van der Waals surface area contributed by atoms with E-state index in [-0.39, 0.29) is 40.8 Å². The first-order chi connectivity index (χ1) is 20.2. The van der Waals surface area contributed by atoms with E-state index in [1.165, 1.54) is 42.8 Å². The topological polar surface area (TPSA) is 105 Å². The highest BCUT2D eigenvalue weighted by atomic mass is 32.2. The number of likely N-dealkylation sites (tertiary alicyclic amines) is 1. The van der Waals surface area contributed by atoms with Gasteiger partial charge >= 0.3 is 6.18 Å². The largest absolute Gasteiger partial charge is 0.495 e. The normalized spacial score (nSPS) is 18.5. The molecule has 0 bridgehead atoms. The number of aromatic nitrogens is 2. The number of rotatable bonds is 8. The van der Waals surface area contributed by atoms with E-state index >= 15 is 4.39 Å². The molecule has 2 N–H and O–H groups in total. The minimum atomic E-state index is -4.57. The van der Waals surface area contributed by atoms with Crippen LogP contribution in [0.25, 0.3) is 5.65 Å². The number of halogens is 4. The number of sulfone groups is 1. The average Bonchev–Trinajstić information content (AvgIpc) is 3.25. The number of methoxy groups -OCH3 is 1. The van der Waals surface area contributed by atoms with E-state index in [4.69, 9.17) is 4.74 Å². The molecule has 1 aliphatic heterocycles. The molecule has 9 nitrogen and oxygen atoms in total. The van der Waals surface area contributed by atoms with Crippen LogP contribution in [0.3, 0.4) is 0 Å². The van der Waals surface area contributed by atoms with Gasteiger partial charge in [0.2, 0.25) is 5.91 Å². The van der Waals surface area contributed by atoms with Crippen molar-refractivity contribution in [2.24, 2.45) is 5.92 Å². The van der Waals surface area contributed by atoms with Crippen LogP contribution in [0.4, 0.5) is 23.2 Å². The Kier molecular flexibility index (Phi) is 9.56. The number of carbonyl (C=O) groups is 1. The molecule has 2 aromatic heterocycles. The van der Waals surface area contributed by atoms with Gasteiger partial charge in [-0.1, -0.05) is 12.0 Å². The van der Waals surface area contributed by atoms with Crippen molar-refractivity contribution in [3.63, 3.8) is 0 Å². The Morgan fingerprint density at radius 2 is 2.02 bits per heavy atom. The summed E-state index contributed by atoms with van der Waals surface area (Å²) < 4.78 is 86.5. The summed E-state index contributed by atoms with van der Waals surface area (Å²) >= 11 is 0. The molecular weight excluding hydrogens is 590 g/mol. The molecule has 3 heterocycles. The third-order valence-electron chi connectivity index (χ3n) is 7.24. The van der Waals surface area contributed by atoms with Crippen LogP contribution in [-0.4, -0.2) is 81.0 Å². The number of fused-ring (bicyclic) bond motifs is 1. The number of alkyl halides is 4. The van der Waals surface area contributed by atoms with Crippen LogP contribution in [0, 0.1) is 17.8 Å². The van der Waals surface area contributed by atoms with Gasteiger partial charge in [-0.25, -0.2) is 17.8 Å². The molecule has 0 spiro atoms. The summed E-state index contributed by atoms with van der Waals surface area (Å²) in [5.41, 5.74) is 0.706. The number of amides is 1. The Morgan fingerprint density at radius 3 is 2.65 bits per heavy atom. The lowest BCUT2D eigenvalue weighted by atomic mass is 9.84. The van der Waals surface area contributed by atoms with Gasteiger partial charge in [-0.2, -0.15) is 13.2 Å². The molecule has 3 aromatic rings. The van der Waals surface area contributed by atoms with Crippen LogP contribution in [0.1, 0.15) is 36.3 Å². The predicted octanol–water partition coefficient (Wildman–Crippen LogP) is 3.78. The van der Waals surface area contributed by atoms with Gasteiger partial charge in [0, 0.05) is 43.5 Å². The first-order valence-electron chi connectivity index (χ1n) is 13.4. The van der Waals surface area contributed by atoms with Crippen molar-refractivity contribution in [1.82, 2.24) is 19.6 Å². The highest BCUT2D eigenvalue weighted by Gasteiger charge is 2.37. The molecule has 232 valence electrons. The van der Waals surface area contributed by atoms with Gasteiger partial charge in [0.05, 0.1) is 42.4 Å². The number of imidazole rings is 1. The quantitative estimate of drug-likeness (QED) is 0.291. The molecular formula is C29H33F4N5O4S. The average molecular weight is 624 g/mol. The van der Waals surface area contributed by atoms with E-state index in [1.54, 1.807) is 19.2 Å². The van der Waals surface area contributed by atoms with E-state index in [9.17, 15) is 26.4 Å². The third-order valence-corrected chi connectivity index (χ3v) is 8.35. The van der Waals surface area contributed by atoms with Gasteiger partial charge in [-0.3, -0.25) is 4.79 Å². The van der Waals surface area contributed by atoms with Crippen molar-refractivity contribution in [1.29, 1.82) is 0 Å². The number of hydrogen-bond donors (Lipinski definition) is 2. The number of nitrogens with one attached hydrogen (secondary N) is 2. The van der Waals surface area contributed by atoms with Crippen LogP contribution >= 0.6 is 0 Å². The number of benzene rings is 1. The van der Waals surface area contributed by atoms with Crippen molar-refractivity contribution < 1.29 is 35.5 Å². The number of pyridine rings is 1. The maximum atomic E-state index is 15.2. The fourth-order valence-electron chi connectivity index (χ4n) is 5.24. The van der Waals surface area contributed by atoms with E-state index in [0.717, 1.165) is 6.26 Å². The highest BCUT2D eigenvalue weighted by molar-refractivity contribution is 7.90. The van der Waals surface area contributed by atoms with Crippen molar-refractivity contribution in [3.8, 4) is 17.6 Å². The number of piperidine rings is 1. The summed E-state index contributed by atoms with van der Waals surface area (Å²) in [4.78, 5) is 18.5. The van der Waals surface area contributed by atoms with Gasteiger partial charge in [0.1, 0.15) is 23.3 Å². The number of nitrogens with zero attached hydrogens (tertiary/aromatic N) is 3. The number of anilines is 1. The molecule has 0 radical (unpaired) electrons. The Morgan fingerprint density at radius 1 is 1.28 bits per heavy atom. The molecule has 3 atom stereocenters. The van der Waals surface area contributed by atoms with Crippen LogP contribution in [0.2, 0.25) is 0 Å². The maximum absolute atomic E-state index is 15.2. The van der Waals surface area contributed by atoms with Crippen molar-refractivity contribution >= 4 is 27.1 Å². The molecule has 1 aliphatic rings. The molecule has 0 saturated carbocycles. The fourth-order valence-corrected chi connectivity index (χ4v) is 5.88. The second kappa shape index (κ2) is 12.8. The van der Waals surface area contributed by atoms with Crippen LogP contribution in [-0.2, 0) is 21.1 Å². The Labute approximate surface area is 247 Å². The number of hydrogen-bond acceptors (Lipinski definition) is 7. The maximum Gasteiger partial charge on any atom is 0.394 e. The first-order valence-corrected chi connectivity index (χ1v) is 15.3. The minimum absolute atomic E-state index is 0.0194. The summed E-state index contributed by atoms with van der Waals surface area (Å²) in [6.07, 6.45) is -4.19. The molecule has 1 fully saturated rings. The van der Waals surface area contributed by atoms with Crippen LogP contribution in [0.15, 0.2) is 41.4 Å². The standard InChI is InChI=1S/C29H33F4N5O4S/c1-18(39)35-27(20-11-14-37(2)17-22(20)30)21-7-6-13-38-25(16-29(31,32)33)23(36-28(21)38)8-5-12-34-24-10-9-19(43(4,40)41)15-26(24)42-3/h6-7,9-10,13,15,20,22,27,34H,11-12,14,16-17H2,1-4H3,(H,35,39)/t20-,22-,27+/m0/s1. The fraction of sp³-hybridized carbons (Fsp3) is 0.448. The predicted molar refractivity (Wildman–Crippen MR) is 153 cm³/mol. The van der Waals surface area contributed by atoms with Gasteiger partial charge in [-0.05, 0) is 44.1 Å². The lowest BCUT2D eigenvalue weighted by Gasteiger charge is -2.37. The SMILES string of the molecule is COc1cc(S(C)(=O)=O)ccc1NCC#Cc1nc2c([C@H](NC(C)=O)[C@H]3CCN(C)C[C@@H]3F)cccn2c1CC(F)(F)F. The zero-order valence-electron chi connectivity index (χ0n) is 24.1. The van der Waals surface area contributed by atoms with Gasteiger partial charge in [0.15, 0.2) is 9.84 Å². The van der Waals surface area contributed by atoms with Crippen molar-refractivity contribution in [2.75, 3.05) is 45.4 Å². The third kappa shape index (κ3) is 7.77. The Bertz CT molecular complexity index is 1660. The zero-order chi connectivity index (χ0) is 31.5. The summed E-state index contributed by atoms with van der Waals surface area (Å²) in [5.74, 6) is 4.75. The van der Waals surface area contributed by atoms with Crippen LogP contribution in [0.5, 0.6) is 5.75 Å². The smallest absolute Gasteiger partial charge is 0.394 e. The van der Waals surface area contributed by atoms with Gasteiger partial charge in [-0.15, -0.1) is 0 Å². The van der Waals surface area contributed by atoms with Gasteiger partial charge < -0.3 is 24.7 Å². The van der Waals surface area contributed by atoms with Crippen molar-refractivity contribution in [2.45, 2.75) is 43.1 Å². The van der Waals surface area contributed by atoms with Crippen LogP contribution < -0.4 is 15.4 Å². The molecule has 0 unspecified atom stereocenters.